The van der Waals surface area contributed by atoms with Crippen molar-refractivity contribution < 1.29 is 9.59 Å². The van der Waals surface area contributed by atoms with Crippen molar-refractivity contribution in [1.29, 1.82) is 0 Å². The molecular weight excluding hydrogens is 280 g/mol. The predicted octanol–water partition coefficient (Wildman–Crippen LogP) is 2.07. The number of hydrogen-bond donors (Lipinski definition) is 2. The topological polar surface area (TPSA) is 78.1 Å². The molecule has 6 heteroatoms. The lowest BCUT2D eigenvalue weighted by molar-refractivity contribution is -0.132. The molecule has 6 nitrogen and oxygen atoms in total. The second-order valence-electron chi connectivity index (χ2n) is 5.82. The molecule has 1 aliphatic heterocycles. The van der Waals surface area contributed by atoms with Gasteiger partial charge in [-0.25, -0.2) is 4.98 Å². The van der Waals surface area contributed by atoms with Gasteiger partial charge in [-0.1, -0.05) is 0 Å². The van der Waals surface area contributed by atoms with Crippen LogP contribution in [0.1, 0.15) is 25.6 Å². The Balaban J connectivity index is 1.64. The molecule has 0 radical (unpaired) electrons. The highest BCUT2D eigenvalue weighted by Crippen LogP contribution is 2.21. The zero-order chi connectivity index (χ0) is 15.7. The van der Waals surface area contributed by atoms with Crippen molar-refractivity contribution in [1.82, 2.24) is 14.9 Å². The van der Waals surface area contributed by atoms with E-state index in [1.807, 2.05) is 25.1 Å². The number of likely N-dealkylation sites (tertiary alicyclic amines) is 1. The number of nitrogens with one attached hydrogen (secondary N) is 2. The van der Waals surface area contributed by atoms with E-state index in [0.29, 0.717) is 13.1 Å². The molecule has 2 N–H and O–H groups in total. The first-order valence-corrected chi connectivity index (χ1v) is 7.55. The second-order valence-corrected chi connectivity index (χ2v) is 5.82. The van der Waals surface area contributed by atoms with E-state index in [1.165, 1.54) is 0 Å². The molecule has 22 heavy (non-hydrogen) atoms. The highest BCUT2D eigenvalue weighted by molar-refractivity contribution is 5.94. The molecule has 0 unspecified atom stereocenters. The van der Waals surface area contributed by atoms with E-state index < -0.39 is 0 Å². The Bertz CT molecular complexity index is 714. The normalized spacial score (nSPS) is 16.0. The third-order valence-electron chi connectivity index (χ3n) is 4.18. The molecule has 0 saturated carbocycles. The van der Waals surface area contributed by atoms with Crippen LogP contribution < -0.4 is 5.32 Å². The van der Waals surface area contributed by atoms with E-state index in [0.717, 1.165) is 35.4 Å². The van der Waals surface area contributed by atoms with Crippen molar-refractivity contribution in [2.45, 2.75) is 26.7 Å². The lowest BCUT2D eigenvalue weighted by Crippen LogP contribution is -2.40. The smallest absolute Gasteiger partial charge is 0.227 e. The van der Waals surface area contributed by atoms with Crippen LogP contribution in [0.5, 0.6) is 0 Å². The monoisotopic (exact) mass is 300 g/mol. The molecule has 2 aromatic rings. The van der Waals surface area contributed by atoms with E-state index >= 15 is 0 Å². The Morgan fingerprint density at radius 1 is 1.32 bits per heavy atom. The summed E-state index contributed by atoms with van der Waals surface area (Å²) in [6.45, 7) is 4.79. The molecule has 116 valence electrons. The van der Waals surface area contributed by atoms with Crippen LogP contribution in [0.25, 0.3) is 11.0 Å². The zero-order valence-corrected chi connectivity index (χ0v) is 12.8. The number of imidazole rings is 1. The fraction of sp³-hybridized carbons (Fsp3) is 0.438. The van der Waals surface area contributed by atoms with Gasteiger partial charge in [-0.05, 0) is 38.0 Å². The van der Waals surface area contributed by atoms with E-state index in [-0.39, 0.29) is 17.7 Å². The molecule has 1 aliphatic rings. The van der Waals surface area contributed by atoms with E-state index in [9.17, 15) is 9.59 Å². The Hall–Kier alpha value is -2.37. The molecule has 0 aliphatic carbocycles. The van der Waals surface area contributed by atoms with Gasteiger partial charge >= 0.3 is 0 Å². The molecule has 3 rings (SSSR count). The van der Waals surface area contributed by atoms with Gasteiger partial charge < -0.3 is 15.2 Å². The molecule has 1 aromatic carbocycles. The average molecular weight is 300 g/mol. The predicted molar refractivity (Wildman–Crippen MR) is 84.4 cm³/mol. The van der Waals surface area contributed by atoms with Gasteiger partial charge in [-0.3, -0.25) is 9.59 Å². The summed E-state index contributed by atoms with van der Waals surface area (Å²) in [5, 5.41) is 2.97. The van der Waals surface area contributed by atoms with Gasteiger partial charge in [-0.2, -0.15) is 0 Å². The summed E-state index contributed by atoms with van der Waals surface area (Å²) in [6, 6.07) is 5.66. The molecule has 2 amide bonds. The van der Waals surface area contributed by atoms with Crippen LogP contribution in [0.3, 0.4) is 0 Å². The highest BCUT2D eigenvalue weighted by atomic mass is 16.2. The van der Waals surface area contributed by atoms with Crippen LogP contribution >= 0.6 is 0 Å². The number of fused-ring (bicyclic) bond motifs is 1. The maximum atomic E-state index is 12.3. The SMILES string of the molecule is CC(=O)N1CCC(C(=O)Nc2ccc3nc(C)[nH]c3c2)CC1. The number of carbonyl (C=O) groups excluding carboxylic acids is 2. The second kappa shape index (κ2) is 5.79. The summed E-state index contributed by atoms with van der Waals surface area (Å²) in [7, 11) is 0. The van der Waals surface area contributed by atoms with Crippen LogP contribution in [0.2, 0.25) is 0 Å². The van der Waals surface area contributed by atoms with Crippen LogP contribution in [-0.2, 0) is 9.59 Å². The van der Waals surface area contributed by atoms with Crippen molar-refractivity contribution in [3.8, 4) is 0 Å². The number of amides is 2. The molecule has 0 atom stereocenters. The van der Waals surface area contributed by atoms with Crippen molar-refractivity contribution in [3.05, 3.63) is 24.0 Å². The van der Waals surface area contributed by atoms with Crippen LogP contribution in [0.4, 0.5) is 5.69 Å². The Morgan fingerprint density at radius 2 is 2.05 bits per heavy atom. The number of aryl methyl sites for hydroxylation is 1. The van der Waals surface area contributed by atoms with E-state index in [4.69, 9.17) is 0 Å². The third kappa shape index (κ3) is 2.95. The maximum Gasteiger partial charge on any atom is 0.227 e. The van der Waals surface area contributed by atoms with Crippen LogP contribution in [-0.4, -0.2) is 39.8 Å². The van der Waals surface area contributed by atoms with E-state index in [2.05, 4.69) is 15.3 Å². The summed E-state index contributed by atoms with van der Waals surface area (Å²) in [5.41, 5.74) is 2.59. The quantitative estimate of drug-likeness (QED) is 0.891. The van der Waals surface area contributed by atoms with Crippen LogP contribution in [0, 0.1) is 12.8 Å². The number of piperidine rings is 1. The average Bonchev–Trinajstić information content (AvgIpc) is 2.86. The van der Waals surface area contributed by atoms with Gasteiger partial charge in [0.15, 0.2) is 0 Å². The fourth-order valence-corrected chi connectivity index (χ4v) is 2.92. The Morgan fingerprint density at radius 3 is 2.73 bits per heavy atom. The minimum Gasteiger partial charge on any atom is -0.343 e. The van der Waals surface area contributed by atoms with Crippen molar-refractivity contribution in [3.63, 3.8) is 0 Å². The van der Waals surface area contributed by atoms with Gasteiger partial charge in [0, 0.05) is 31.6 Å². The minimum absolute atomic E-state index is 0.0267. The summed E-state index contributed by atoms with van der Waals surface area (Å²) >= 11 is 0. The van der Waals surface area contributed by atoms with Gasteiger partial charge in [0.25, 0.3) is 0 Å². The summed E-state index contributed by atoms with van der Waals surface area (Å²) < 4.78 is 0. The molecular formula is C16H20N4O2. The van der Waals surface area contributed by atoms with Crippen molar-refractivity contribution in [2.75, 3.05) is 18.4 Å². The number of nitrogens with zero attached hydrogens (tertiary/aromatic N) is 2. The first kappa shape index (κ1) is 14.6. The lowest BCUT2D eigenvalue weighted by Gasteiger charge is -2.30. The van der Waals surface area contributed by atoms with Crippen molar-refractivity contribution in [2.24, 2.45) is 5.92 Å². The molecule has 1 saturated heterocycles. The molecule has 1 aromatic heterocycles. The Kier molecular flexibility index (Phi) is 3.83. The summed E-state index contributed by atoms with van der Waals surface area (Å²) in [6.07, 6.45) is 1.44. The fourth-order valence-electron chi connectivity index (χ4n) is 2.92. The molecule has 0 spiro atoms. The van der Waals surface area contributed by atoms with Gasteiger partial charge in [0.2, 0.25) is 11.8 Å². The molecule has 0 bridgehead atoms. The van der Waals surface area contributed by atoms with Gasteiger partial charge in [0.1, 0.15) is 5.82 Å². The maximum absolute atomic E-state index is 12.3. The first-order chi connectivity index (χ1) is 10.5. The lowest BCUT2D eigenvalue weighted by atomic mass is 9.96. The van der Waals surface area contributed by atoms with Gasteiger partial charge in [-0.15, -0.1) is 0 Å². The van der Waals surface area contributed by atoms with E-state index in [1.54, 1.807) is 11.8 Å². The molecule has 1 fully saturated rings. The number of aromatic amines is 1. The van der Waals surface area contributed by atoms with Crippen molar-refractivity contribution >= 4 is 28.5 Å². The summed E-state index contributed by atoms with van der Waals surface area (Å²) in [5.74, 6) is 0.933. The minimum atomic E-state index is -0.0326. The standard InChI is InChI=1S/C16H20N4O2/c1-10-17-14-4-3-13(9-15(14)18-10)19-16(22)12-5-7-20(8-6-12)11(2)21/h3-4,9,12H,5-8H2,1-2H3,(H,17,18)(H,19,22). The Labute approximate surface area is 128 Å². The zero-order valence-electron chi connectivity index (χ0n) is 12.8. The van der Waals surface area contributed by atoms with Gasteiger partial charge in [0.05, 0.1) is 11.0 Å². The highest BCUT2D eigenvalue weighted by Gasteiger charge is 2.26. The number of rotatable bonds is 2. The molecule has 2 heterocycles. The number of anilines is 1. The largest absolute Gasteiger partial charge is 0.343 e. The summed E-state index contributed by atoms with van der Waals surface area (Å²) in [4.78, 5) is 33.0. The first-order valence-electron chi connectivity index (χ1n) is 7.55. The number of H-pyrrole nitrogens is 1. The number of aromatic nitrogens is 2. The number of carbonyl (C=O) groups is 2. The third-order valence-corrected chi connectivity index (χ3v) is 4.18. The van der Waals surface area contributed by atoms with Crippen LogP contribution in [0.15, 0.2) is 18.2 Å². The number of benzene rings is 1. The number of hydrogen-bond acceptors (Lipinski definition) is 3.